The van der Waals surface area contributed by atoms with E-state index in [1.165, 1.54) is 12.1 Å². The van der Waals surface area contributed by atoms with Gasteiger partial charge in [0.15, 0.2) is 0 Å². The fraction of sp³-hybridized carbons (Fsp3) is 0.455. The molecule has 2 rings (SSSR count). The number of aliphatic hydroxyl groups is 1. The van der Waals surface area contributed by atoms with E-state index in [1.54, 1.807) is 6.07 Å². The molecule has 0 fully saturated rings. The Morgan fingerprint density at radius 2 is 2.29 bits per heavy atom. The van der Waals surface area contributed by atoms with Crippen LogP contribution in [0.15, 0.2) is 18.2 Å². The lowest BCUT2D eigenvalue weighted by molar-refractivity contribution is 0.0318. The zero-order valence-corrected chi connectivity index (χ0v) is 7.96. The third-order valence-electron chi connectivity index (χ3n) is 2.94. The normalized spacial score (nSPS) is 25.1. The molecule has 1 aromatic carbocycles. The molecule has 0 aliphatic heterocycles. The monoisotopic (exact) mass is 195 g/mol. The molecule has 0 bridgehead atoms. The predicted octanol–water partition coefficient (Wildman–Crippen LogP) is 1.31. The summed E-state index contributed by atoms with van der Waals surface area (Å²) in [6.45, 7) is 0.423. The van der Waals surface area contributed by atoms with Gasteiger partial charge in [0.25, 0.3) is 0 Å². The van der Waals surface area contributed by atoms with Gasteiger partial charge in [-0.3, -0.25) is 0 Å². The Labute approximate surface area is 82.5 Å². The van der Waals surface area contributed by atoms with Crippen molar-refractivity contribution in [3.8, 4) is 0 Å². The van der Waals surface area contributed by atoms with Crippen LogP contribution in [0.3, 0.4) is 0 Å². The first-order chi connectivity index (χ1) is 6.65. The number of benzene rings is 1. The second-order valence-electron chi connectivity index (χ2n) is 3.87. The standard InChI is InChI=1S/C11H14FNO/c12-9-2-1-8-3-4-11(14,5-6-13)10(8)7-9/h1-2,7,14H,3-6,13H2. The largest absolute Gasteiger partial charge is 0.385 e. The zero-order chi connectivity index (χ0) is 10.2. The Kier molecular flexibility index (Phi) is 2.29. The summed E-state index contributed by atoms with van der Waals surface area (Å²) in [4.78, 5) is 0. The summed E-state index contributed by atoms with van der Waals surface area (Å²) in [7, 11) is 0. The van der Waals surface area contributed by atoms with Crippen molar-refractivity contribution >= 4 is 0 Å². The van der Waals surface area contributed by atoms with Crippen molar-refractivity contribution in [1.29, 1.82) is 0 Å². The summed E-state index contributed by atoms with van der Waals surface area (Å²) < 4.78 is 13.0. The Hall–Kier alpha value is -0.930. The van der Waals surface area contributed by atoms with Crippen molar-refractivity contribution in [2.75, 3.05) is 6.54 Å². The van der Waals surface area contributed by atoms with E-state index in [4.69, 9.17) is 5.73 Å². The Morgan fingerprint density at radius 3 is 3.00 bits per heavy atom. The average molecular weight is 195 g/mol. The third kappa shape index (κ3) is 1.42. The first-order valence-corrected chi connectivity index (χ1v) is 4.87. The van der Waals surface area contributed by atoms with Gasteiger partial charge in [0, 0.05) is 0 Å². The molecule has 14 heavy (non-hydrogen) atoms. The predicted molar refractivity (Wildman–Crippen MR) is 52.3 cm³/mol. The van der Waals surface area contributed by atoms with E-state index in [0.29, 0.717) is 19.4 Å². The SMILES string of the molecule is NCCC1(O)CCc2ccc(F)cc21. The van der Waals surface area contributed by atoms with Gasteiger partial charge in [-0.2, -0.15) is 0 Å². The molecule has 76 valence electrons. The van der Waals surface area contributed by atoms with Crippen LogP contribution < -0.4 is 5.73 Å². The van der Waals surface area contributed by atoms with Crippen LogP contribution in [0.1, 0.15) is 24.0 Å². The van der Waals surface area contributed by atoms with Gasteiger partial charge in [-0.15, -0.1) is 0 Å². The van der Waals surface area contributed by atoms with E-state index >= 15 is 0 Å². The van der Waals surface area contributed by atoms with Crippen molar-refractivity contribution in [2.24, 2.45) is 5.73 Å². The molecule has 0 radical (unpaired) electrons. The Bertz CT molecular complexity index is 349. The van der Waals surface area contributed by atoms with Crippen LogP contribution in [-0.4, -0.2) is 11.7 Å². The maximum Gasteiger partial charge on any atom is 0.123 e. The van der Waals surface area contributed by atoms with Crippen molar-refractivity contribution in [2.45, 2.75) is 24.9 Å². The van der Waals surface area contributed by atoms with Crippen LogP contribution in [0, 0.1) is 5.82 Å². The molecule has 1 aliphatic rings. The van der Waals surface area contributed by atoms with Crippen LogP contribution in [-0.2, 0) is 12.0 Å². The highest BCUT2D eigenvalue weighted by atomic mass is 19.1. The summed E-state index contributed by atoms with van der Waals surface area (Å²) in [6, 6.07) is 4.62. The van der Waals surface area contributed by atoms with Gasteiger partial charge in [0.2, 0.25) is 0 Å². The number of hydrogen-bond donors (Lipinski definition) is 2. The molecule has 1 aliphatic carbocycles. The van der Waals surface area contributed by atoms with Gasteiger partial charge >= 0.3 is 0 Å². The summed E-state index contributed by atoms with van der Waals surface area (Å²) in [5.41, 5.74) is 6.31. The highest BCUT2D eigenvalue weighted by Gasteiger charge is 2.35. The van der Waals surface area contributed by atoms with Gasteiger partial charge in [-0.05, 0) is 49.1 Å². The molecule has 0 aromatic heterocycles. The van der Waals surface area contributed by atoms with E-state index < -0.39 is 5.60 Å². The second-order valence-corrected chi connectivity index (χ2v) is 3.87. The van der Waals surface area contributed by atoms with Crippen molar-refractivity contribution in [3.63, 3.8) is 0 Å². The molecule has 0 amide bonds. The minimum absolute atomic E-state index is 0.291. The van der Waals surface area contributed by atoms with Crippen LogP contribution in [0.5, 0.6) is 0 Å². The average Bonchev–Trinajstić information content (AvgIpc) is 2.45. The summed E-state index contributed by atoms with van der Waals surface area (Å²) in [6.07, 6.45) is 1.97. The Balaban J connectivity index is 2.41. The molecular formula is C11H14FNO. The lowest BCUT2D eigenvalue weighted by Crippen LogP contribution is -2.26. The zero-order valence-electron chi connectivity index (χ0n) is 7.96. The van der Waals surface area contributed by atoms with Gasteiger partial charge in [0.1, 0.15) is 5.82 Å². The fourth-order valence-corrected chi connectivity index (χ4v) is 2.17. The molecule has 3 N–H and O–H groups in total. The number of rotatable bonds is 2. The summed E-state index contributed by atoms with van der Waals surface area (Å²) in [5, 5.41) is 10.2. The van der Waals surface area contributed by atoms with Crippen molar-refractivity contribution in [1.82, 2.24) is 0 Å². The van der Waals surface area contributed by atoms with Crippen LogP contribution >= 0.6 is 0 Å². The summed E-state index contributed by atoms with van der Waals surface area (Å²) >= 11 is 0. The van der Waals surface area contributed by atoms with Crippen LogP contribution in [0.4, 0.5) is 4.39 Å². The number of aryl methyl sites for hydroxylation is 1. The van der Waals surface area contributed by atoms with Gasteiger partial charge in [-0.1, -0.05) is 6.07 Å². The molecule has 1 aromatic rings. The maximum absolute atomic E-state index is 13.0. The highest BCUT2D eigenvalue weighted by molar-refractivity contribution is 5.37. The van der Waals surface area contributed by atoms with E-state index in [-0.39, 0.29) is 5.82 Å². The van der Waals surface area contributed by atoms with E-state index in [0.717, 1.165) is 17.5 Å². The van der Waals surface area contributed by atoms with Crippen molar-refractivity contribution < 1.29 is 9.50 Å². The van der Waals surface area contributed by atoms with Gasteiger partial charge in [-0.25, -0.2) is 4.39 Å². The smallest absolute Gasteiger partial charge is 0.123 e. The van der Waals surface area contributed by atoms with Crippen LogP contribution in [0.25, 0.3) is 0 Å². The number of hydrogen-bond acceptors (Lipinski definition) is 2. The third-order valence-corrected chi connectivity index (χ3v) is 2.94. The Morgan fingerprint density at radius 1 is 1.50 bits per heavy atom. The van der Waals surface area contributed by atoms with Crippen LogP contribution in [0.2, 0.25) is 0 Å². The van der Waals surface area contributed by atoms with Gasteiger partial charge < -0.3 is 10.8 Å². The lowest BCUT2D eigenvalue weighted by Gasteiger charge is -2.23. The molecule has 1 atom stereocenters. The minimum Gasteiger partial charge on any atom is -0.385 e. The first kappa shape index (κ1) is 9.62. The molecule has 2 nitrogen and oxygen atoms in total. The minimum atomic E-state index is -0.897. The molecule has 0 spiro atoms. The fourth-order valence-electron chi connectivity index (χ4n) is 2.17. The maximum atomic E-state index is 13.0. The molecular weight excluding hydrogens is 181 g/mol. The first-order valence-electron chi connectivity index (χ1n) is 4.87. The van der Waals surface area contributed by atoms with E-state index in [1.807, 2.05) is 0 Å². The second kappa shape index (κ2) is 3.33. The number of nitrogens with two attached hydrogens (primary N) is 1. The highest BCUT2D eigenvalue weighted by Crippen LogP contribution is 2.39. The van der Waals surface area contributed by atoms with Crippen molar-refractivity contribution in [3.05, 3.63) is 35.1 Å². The van der Waals surface area contributed by atoms with Gasteiger partial charge in [0.05, 0.1) is 5.60 Å². The molecule has 3 heteroatoms. The quantitative estimate of drug-likeness (QED) is 0.747. The molecule has 0 heterocycles. The molecule has 1 unspecified atom stereocenters. The summed E-state index contributed by atoms with van der Waals surface area (Å²) in [5.74, 6) is -0.291. The molecule has 0 saturated heterocycles. The van der Waals surface area contributed by atoms with E-state index in [9.17, 15) is 9.50 Å². The number of fused-ring (bicyclic) bond motifs is 1. The molecule has 0 saturated carbocycles. The lowest BCUT2D eigenvalue weighted by atomic mass is 9.92. The topological polar surface area (TPSA) is 46.2 Å². The van der Waals surface area contributed by atoms with E-state index in [2.05, 4.69) is 0 Å². The number of halogens is 1.